The van der Waals surface area contributed by atoms with Crippen LogP contribution >= 0.6 is 15.9 Å². The van der Waals surface area contributed by atoms with Gasteiger partial charge >= 0.3 is 5.97 Å². The number of amides is 1. The molecule has 3 rings (SSSR count). The molecule has 1 amide bonds. The van der Waals surface area contributed by atoms with Crippen LogP contribution in [0.2, 0.25) is 0 Å². The van der Waals surface area contributed by atoms with Gasteiger partial charge in [0.15, 0.2) is 0 Å². The molecule has 1 unspecified atom stereocenters. The van der Waals surface area contributed by atoms with Crippen molar-refractivity contribution in [1.29, 1.82) is 0 Å². The zero-order valence-electron chi connectivity index (χ0n) is 17.2. The molecule has 0 spiro atoms. The number of carbonyl (C=O) groups excluding carboxylic acids is 2. The number of anilines is 1. The van der Waals surface area contributed by atoms with Crippen LogP contribution in [0.1, 0.15) is 27.5 Å². The molecule has 0 radical (unpaired) electrons. The fourth-order valence-electron chi connectivity index (χ4n) is 3.13. The van der Waals surface area contributed by atoms with Crippen LogP contribution < -0.4 is 15.4 Å². The van der Waals surface area contributed by atoms with Gasteiger partial charge in [-0.05, 0) is 53.6 Å². The van der Waals surface area contributed by atoms with Gasteiger partial charge in [0.2, 0.25) is 0 Å². The van der Waals surface area contributed by atoms with Gasteiger partial charge in [0.1, 0.15) is 5.75 Å². The Hall–Kier alpha value is -3.16. The number of rotatable bonds is 8. The largest absolute Gasteiger partial charge is 0.497 e. The molecule has 160 valence electrons. The first kappa shape index (κ1) is 22.5. The summed E-state index contributed by atoms with van der Waals surface area (Å²) in [7, 11) is 2.93. The number of esters is 1. The number of hydrogen-bond donors (Lipinski definition) is 2. The number of nitrogens with one attached hydrogen (secondary N) is 2. The Labute approximate surface area is 189 Å². The summed E-state index contributed by atoms with van der Waals surface area (Å²) < 4.78 is 10.8. The number of methoxy groups -OCH3 is 2. The van der Waals surface area contributed by atoms with Gasteiger partial charge in [0.25, 0.3) is 5.91 Å². The second-order valence-electron chi connectivity index (χ2n) is 6.71. The monoisotopic (exact) mass is 482 g/mol. The lowest BCUT2D eigenvalue weighted by Crippen LogP contribution is -2.30. The van der Waals surface area contributed by atoms with Gasteiger partial charge < -0.3 is 14.8 Å². The second kappa shape index (κ2) is 10.7. The van der Waals surface area contributed by atoms with E-state index in [1.807, 2.05) is 48.5 Å². The molecule has 3 aromatic carbocycles. The van der Waals surface area contributed by atoms with Gasteiger partial charge in [0.05, 0.1) is 26.8 Å². The molecule has 2 N–H and O–H groups in total. The first-order valence-electron chi connectivity index (χ1n) is 9.62. The predicted molar refractivity (Wildman–Crippen MR) is 123 cm³/mol. The van der Waals surface area contributed by atoms with Crippen LogP contribution in [0, 0.1) is 0 Å². The minimum Gasteiger partial charge on any atom is -0.497 e. The van der Waals surface area contributed by atoms with Gasteiger partial charge in [-0.3, -0.25) is 14.9 Å². The topological polar surface area (TPSA) is 76.7 Å². The maximum atomic E-state index is 12.9. The minimum absolute atomic E-state index is 0.0223. The van der Waals surface area contributed by atoms with E-state index in [2.05, 4.69) is 26.6 Å². The lowest BCUT2D eigenvalue weighted by Gasteiger charge is -2.23. The van der Waals surface area contributed by atoms with E-state index in [4.69, 9.17) is 9.47 Å². The van der Waals surface area contributed by atoms with Crippen LogP contribution in [0.15, 0.2) is 77.3 Å². The van der Waals surface area contributed by atoms with Gasteiger partial charge in [0, 0.05) is 15.7 Å². The molecular formula is C24H23BrN2O4. The van der Waals surface area contributed by atoms with Crippen molar-refractivity contribution in [2.24, 2.45) is 0 Å². The number of ether oxygens (including phenoxy) is 2. The number of halogens is 1. The lowest BCUT2D eigenvalue weighted by molar-refractivity contribution is -0.139. The first-order valence-corrected chi connectivity index (χ1v) is 10.4. The number of benzene rings is 3. The highest BCUT2D eigenvalue weighted by Crippen LogP contribution is 2.31. The Kier molecular flexibility index (Phi) is 7.81. The van der Waals surface area contributed by atoms with Gasteiger partial charge in [-0.1, -0.05) is 46.3 Å². The molecule has 7 heteroatoms. The third kappa shape index (κ3) is 5.93. The molecule has 0 aromatic heterocycles. The molecule has 0 saturated heterocycles. The molecule has 0 aliphatic carbocycles. The first-order chi connectivity index (χ1) is 15.0. The van der Waals surface area contributed by atoms with Crippen LogP contribution in [0.25, 0.3) is 0 Å². The van der Waals surface area contributed by atoms with E-state index in [1.165, 1.54) is 7.11 Å². The summed E-state index contributed by atoms with van der Waals surface area (Å²) in [4.78, 5) is 24.6. The molecule has 0 fully saturated rings. The summed E-state index contributed by atoms with van der Waals surface area (Å²) in [5, 5.41) is 6.22. The molecule has 1 atom stereocenters. The Morgan fingerprint density at radius 3 is 2.32 bits per heavy atom. The van der Waals surface area contributed by atoms with Crippen LogP contribution in [-0.4, -0.2) is 32.6 Å². The zero-order chi connectivity index (χ0) is 22.2. The molecule has 0 bridgehead atoms. The van der Waals surface area contributed by atoms with Crippen molar-refractivity contribution in [2.45, 2.75) is 6.04 Å². The Bertz CT molecular complexity index is 1040. The van der Waals surface area contributed by atoms with E-state index in [9.17, 15) is 9.59 Å². The van der Waals surface area contributed by atoms with Crippen molar-refractivity contribution < 1.29 is 19.1 Å². The highest BCUT2D eigenvalue weighted by molar-refractivity contribution is 9.10. The number of hydrogen-bond acceptors (Lipinski definition) is 5. The zero-order valence-corrected chi connectivity index (χ0v) is 18.8. The minimum atomic E-state index is -0.375. The fraction of sp³-hybridized carbons (Fsp3) is 0.167. The summed E-state index contributed by atoms with van der Waals surface area (Å²) in [5.41, 5.74) is 2.90. The van der Waals surface area contributed by atoms with Crippen molar-refractivity contribution in [3.05, 3.63) is 94.0 Å². The summed E-state index contributed by atoms with van der Waals surface area (Å²) >= 11 is 3.51. The summed E-state index contributed by atoms with van der Waals surface area (Å²) in [6.07, 6.45) is 0. The molecular weight excluding hydrogens is 460 g/mol. The molecule has 0 aliphatic heterocycles. The Morgan fingerprint density at radius 1 is 0.968 bits per heavy atom. The molecule has 0 aliphatic rings. The van der Waals surface area contributed by atoms with Crippen molar-refractivity contribution in [3.63, 3.8) is 0 Å². The van der Waals surface area contributed by atoms with Gasteiger partial charge in [-0.2, -0.15) is 0 Å². The highest BCUT2D eigenvalue weighted by atomic mass is 79.9. The van der Waals surface area contributed by atoms with Crippen LogP contribution in [0.3, 0.4) is 0 Å². The highest BCUT2D eigenvalue weighted by Gasteiger charge is 2.20. The molecule has 3 aromatic rings. The van der Waals surface area contributed by atoms with Crippen LogP contribution in [0.5, 0.6) is 5.75 Å². The van der Waals surface area contributed by atoms with Crippen LogP contribution in [0.4, 0.5) is 5.69 Å². The van der Waals surface area contributed by atoms with E-state index in [-0.39, 0.29) is 24.5 Å². The smallest absolute Gasteiger partial charge is 0.319 e. The predicted octanol–water partition coefficient (Wildman–Crippen LogP) is 4.56. The molecule has 0 saturated carbocycles. The average Bonchev–Trinajstić information content (AvgIpc) is 2.81. The maximum Gasteiger partial charge on any atom is 0.319 e. The summed E-state index contributed by atoms with van der Waals surface area (Å²) in [6.45, 7) is 0.0223. The summed E-state index contributed by atoms with van der Waals surface area (Å²) in [6, 6.07) is 21.9. The fourth-order valence-corrected chi connectivity index (χ4v) is 3.51. The second-order valence-corrected chi connectivity index (χ2v) is 7.63. The normalized spacial score (nSPS) is 11.5. The average molecular weight is 483 g/mol. The van der Waals surface area contributed by atoms with Crippen molar-refractivity contribution in [1.82, 2.24) is 5.32 Å². The van der Waals surface area contributed by atoms with Gasteiger partial charge in [-0.15, -0.1) is 0 Å². The lowest BCUT2D eigenvalue weighted by atomic mass is 9.96. The standard InChI is InChI=1S/C24H23BrN2O4/c1-30-19-11-8-17(9-12-19)24(29)27-21-13-10-18(25)14-20(21)23(26-15-22(28)31-2)16-6-4-3-5-7-16/h3-14,23,26H,15H2,1-2H3,(H,27,29). The van der Waals surface area contributed by atoms with E-state index in [0.29, 0.717) is 17.0 Å². The Morgan fingerprint density at radius 2 is 1.68 bits per heavy atom. The third-order valence-corrected chi connectivity index (χ3v) is 5.23. The SMILES string of the molecule is COC(=O)CNC(c1ccccc1)c1cc(Br)ccc1NC(=O)c1ccc(OC)cc1. The molecule has 6 nitrogen and oxygen atoms in total. The van der Waals surface area contributed by atoms with Crippen molar-refractivity contribution >= 4 is 33.5 Å². The molecule has 0 heterocycles. The van der Waals surface area contributed by atoms with Crippen molar-refractivity contribution in [2.75, 3.05) is 26.1 Å². The number of carbonyl (C=O) groups is 2. The van der Waals surface area contributed by atoms with Crippen LogP contribution in [-0.2, 0) is 9.53 Å². The molecule has 31 heavy (non-hydrogen) atoms. The van der Waals surface area contributed by atoms with E-state index in [0.717, 1.165) is 15.6 Å². The third-order valence-electron chi connectivity index (χ3n) is 4.74. The van der Waals surface area contributed by atoms with E-state index < -0.39 is 0 Å². The Balaban J connectivity index is 1.94. The summed E-state index contributed by atoms with van der Waals surface area (Å²) in [5.74, 6) is 0.0581. The maximum absolute atomic E-state index is 12.9. The van der Waals surface area contributed by atoms with E-state index >= 15 is 0 Å². The van der Waals surface area contributed by atoms with Crippen molar-refractivity contribution in [3.8, 4) is 5.75 Å². The quantitative estimate of drug-likeness (QED) is 0.460. The van der Waals surface area contributed by atoms with Gasteiger partial charge in [-0.25, -0.2) is 0 Å². The van der Waals surface area contributed by atoms with E-state index in [1.54, 1.807) is 31.4 Å².